The van der Waals surface area contributed by atoms with Crippen LogP contribution in [0.4, 0.5) is 10.1 Å². The zero-order valence-electron chi connectivity index (χ0n) is 10.0. The molecule has 1 atom stereocenters. The molecular formula is C13H16BrFN2O. The Balaban J connectivity index is 2.06. The van der Waals surface area contributed by atoms with E-state index in [1.807, 2.05) is 0 Å². The molecule has 0 radical (unpaired) electrons. The van der Waals surface area contributed by atoms with Gasteiger partial charge >= 0.3 is 0 Å². The summed E-state index contributed by atoms with van der Waals surface area (Å²) < 4.78 is 14.2. The van der Waals surface area contributed by atoms with Gasteiger partial charge in [0.05, 0.1) is 11.7 Å². The zero-order chi connectivity index (χ0) is 13.0. The van der Waals surface area contributed by atoms with Crippen LogP contribution in [0.5, 0.6) is 0 Å². The summed E-state index contributed by atoms with van der Waals surface area (Å²) in [5, 5.41) is 5.84. The van der Waals surface area contributed by atoms with E-state index >= 15 is 0 Å². The van der Waals surface area contributed by atoms with Gasteiger partial charge in [-0.05, 0) is 47.4 Å². The number of carbonyl (C=O) groups excluding carboxylic acids is 1. The summed E-state index contributed by atoms with van der Waals surface area (Å²) >= 11 is 3.24. The van der Waals surface area contributed by atoms with Gasteiger partial charge in [0.15, 0.2) is 0 Å². The van der Waals surface area contributed by atoms with Gasteiger partial charge in [-0.3, -0.25) is 4.79 Å². The van der Waals surface area contributed by atoms with E-state index < -0.39 is 5.82 Å². The number of anilines is 1. The summed E-state index contributed by atoms with van der Waals surface area (Å²) in [6.07, 6.45) is 4.06. The van der Waals surface area contributed by atoms with Crippen molar-refractivity contribution in [3.05, 3.63) is 28.5 Å². The standard InChI is InChI=1S/C13H16BrFN2O/c14-9-5-4-6-10(15)12(9)17-13(18)11-7-2-1-3-8-16-11/h4-6,11,16H,1-3,7-8H2,(H,17,18). The lowest BCUT2D eigenvalue weighted by atomic mass is 10.1. The van der Waals surface area contributed by atoms with Crippen LogP contribution in [0.1, 0.15) is 25.7 Å². The van der Waals surface area contributed by atoms with Crippen LogP contribution in [0.3, 0.4) is 0 Å². The summed E-state index contributed by atoms with van der Waals surface area (Å²) in [6, 6.07) is 4.41. The monoisotopic (exact) mass is 314 g/mol. The van der Waals surface area contributed by atoms with E-state index in [-0.39, 0.29) is 17.6 Å². The predicted octanol–water partition coefficient (Wildman–Crippen LogP) is 3.06. The number of carbonyl (C=O) groups is 1. The lowest BCUT2D eigenvalue weighted by molar-refractivity contribution is -0.118. The molecule has 0 aromatic heterocycles. The number of benzene rings is 1. The fourth-order valence-electron chi connectivity index (χ4n) is 2.08. The third-order valence-corrected chi connectivity index (χ3v) is 3.75. The van der Waals surface area contributed by atoms with Gasteiger partial charge in [-0.1, -0.05) is 18.9 Å². The first-order chi connectivity index (χ1) is 8.68. The molecule has 1 heterocycles. The Morgan fingerprint density at radius 2 is 2.22 bits per heavy atom. The molecule has 1 amide bonds. The van der Waals surface area contributed by atoms with E-state index in [9.17, 15) is 9.18 Å². The zero-order valence-corrected chi connectivity index (χ0v) is 11.6. The lowest BCUT2D eigenvalue weighted by Gasteiger charge is -2.16. The van der Waals surface area contributed by atoms with E-state index in [0.29, 0.717) is 4.47 Å². The minimum Gasteiger partial charge on any atom is -0.321 e. The van der Waals surface area contributed by atoms with Crippen LogP contribution in [0.15, 0.2) is 22.7 Å². The number of para-hydroxylation sites is 1. The molecule has 3 nitrogen and oxygen atoms in total. The SMILES string of the molecule is O=C(Nc1c(F)cccc1Br)C1CCCCCN1. The summed E-state index contributed by atoms with van der Waals surface area (Å²) in [5.74, 6) is -0.589. The molecular weight excluding hydrogens is 299 g/mol. The summed E-state index contributed by atoms with van der Waals surface area (Å²) in [5.41, 5.74) is 0.216. The summed E-state index contributed by atoms with van der Waals surface area (Å²) in [7, 11) is 0. The minimum absolute atomic E-state index is 0.164. The molecule has 5 heteroatoms. The van der Waals surface area contributed by atoms with E-state index in [1.54, 1.807) is 12.1 Å². The largest absolute Gasteiger partial charge is 0.321 e. The van der Waals surface area contributed by atoms with Crippen LogP contribution in [-0.2, 0) is 4.79 Å². The van der Waals surface area contributed by atoms with Crippen LogP contribution in [0, 0.1) is 5.82 Å². The van der Waals surface area contributed by atoms with E-state index in [2.05, 4.69) is 26.6 Å². The van der Waals surface area contributed by atoms with Gasteiger partial charge < -0.3 is 10.6 Å². The van der Waals surface area contributed by atoms with Crippen LogP contribution in [0.25, 0.3) is 0 Å². The van der Waals surface area contributed by atoms with Crippen LogP contribution < -0.4 is 10.6 Å². The second-order valence-corrected chi connectivity index (χ2v) is 5.30. The number of hydrogen-bond acceptors (Lipinski definition) is 2. The highest BCUT2D eigenvalue weighted by Crippen LogP contribution is 2.25. The Bertz CT molecular complexity index is 411. The number of rotatable bonds is 2. The van der Waals surface area contributed by atoms with Gasteiger partial charge in [0, 0.05) is 4.47 Å². The second kappa shape index (κ2) is 6.29. The molecule has 1 aliphatic heterocycles. The molecule has 1 fully saturated rings. The van der Waals surface area contributed by atoms with Gasteiger partial charge in [-0.25, -0.2) is 4.39 Å². The first-order valence-electron chi connectivity index (χ1n) is 6.17. The van der Waals surface area contributed by atoms with Crippen molar-refractivity contribution in [3.8, 4) is 0 Å². The Hall–Kier alpha value is -0.940. The van der Waals surface area contributed by atoms with Gasteiger partial charge in [0.25, 0.3) is 0 Å². The highest BCUT2D eigenvalue weighted by molar-refractivity contribution is 9.10. The number of hydrogen-bond donors (Lipinski definition) is 2. The molecule has 18 heavy (non-hydrogen) atoms. The first kappa shape index (κ1) is 13.5. The van der Waals surface area contributed by atoms with Crippen LogP contribution in [-0.4, -0.2) is 18.5 Å². The molecule has 2 rings (SSSR count). The predicted molar refractivity (Wildman–Crippen MR) is 73.0 cm³/mol. The third kappa shape index (κ3) is 3.29. The number of halogens is 2. The van der Waals surface area contributed by atoms with Gasteiger partial charge in [0.1, 0.15) is 5.82 Å². The molecule has 1 aromatic carbocycles. The fourth-order valence-corrected chi connectivity index (χ4v) is 2.52. The maximum absolute atomic E-state index is 13.6. The highest BCUT2D eigenvalue weighted by atomic mass is 79.9. The third-order valence-electron chi connectivity index (χ3n) is 3.09. The molecule has 0 aliphatic carbocycles. The van der Waals surface area contributed by atoms with Crippen molar-refractivity contribution in [3.63, 3.8) is 0 Å². The van der Waals surface area contributed by atoms with E-state index in [0.717, 1.165) is 32.2 Å². The Morgan fingerprint density at radius 3 is 3.00 bits per heavy atom. The van der Waals surface area contributed by atoms with Crippen LogP contribution >= 0.6 is 15.9 Å². The summed E-state index contributed by atoms with van der Waals surface area (Å²) in [6.45, 7) is 0.844. The molecule has 1 unspecified atom stereocenters. The van der Waals surface area contributed by atoms with Crippen molar-refractivity contribution >= 4 is 27.5 Å². The molecule has 1 saturated heterocycles. The Labute approximate surface area is 114 Å². The van der Waals surface area contributed by atoms with Gasteiger partial charge in [0.2, 0.25) is 5.91 Å². The number of nitrogens with one attached hydrogen (secondary N) is 2. The smallest absolute Gasteiger partial charge is 0.241 e. The van der Waals surface area contributed by atoms with Gasteiger partial charge in [-0.15, -0.1) is 0 Å². The maximum atomic E-state index is 13.6. The van der Waals surface area contributed by atoms with Crippen LogP contribution in [0.2, 0.25) is 0 Å². The second-order valence-electron chi connectivity index (χ2n) is 4.44. The summed E-state index contributed by atoms with van der Waals surface area (Å²) in [4.78, 5) is 12.1. The van der Waals surface area contributed by atoms with Crippen molar-refractivity contribution in [1.82, 2.24) is 5.32 Å². The molecule has 0 saturated carbocycles. The van der Waals surface area contributed by atoms with Crippen molar-refractivity contribution in [2.45, 2.75) is 31.7 Å². The molecule has 1 aliphatic rings. The van der Waals surface area contributed by atoms with Crippen molar-refractivity contribution in [1.29, 1.82) is 0 Å². The number of amides is 1. The lowest BCUT2D eigenvalue weighted by Crippen LogP contribution is -2.40. The highest BCUT2D eigenvalue weighted by Gasteiger charge is 2.21. The Morgan fingerprint density at radius 1 is 1.39 bits per heavy atom. The fraction of sp³-hybridized carbons (Fsp3) is 0.462. The van der Waals surface area contributed by atoms with E-state index in [4.69, 9.17) is 0 Å². The normalized spacial score (nSPS) is 20.2. The average Bonchev–Trinajstić information content (AvgIpc) is 2.62. The molecule has 0 spiro atoms. The quantitative estimate of drug-likeness (QED) is 0.881. The Kier molecular flexibility index (Phi) is 4.72. The average molecular weight is 315 g/mol. The molecule has 0 bridgehead atoms. The van der Waals surface area contributed by atoms with Crippen molar-refractivity contribution in [2.24, 2.45) is 0 Å². The first-order valence-corrected chi connectivity index (χ1v) is 6.96. The van der Waals surface area contributed by atoms with Crippen molar-refractivity contribution in [2.75, 3.05) is 11.9 Å². The molecule has 98 valence electrons. The topological polar surface area (TPSA) is 41.1 Å². The minimum atomic E-state index is -0.425. The maximum Gasteiger partial charge on any atom is 0.241 e. The van der Waals surface area contributed by atoms with Crippen molar-refractivity contribution < 1.29 is 9.18 Å². The molecule has 2 N–H and O–H groups in total. The van der Waals surface area contributed by atoms with E-state index in [1.165, 1.54) is 6.07 Å². The van der Waals surface area contributed by atoms with Gasteiger partial charge in [-0.2, -0.15) is 0 Å². The molecule has 1 aromatic rings.